The van der Waals surface area contributed by atoms with Gasteiger partial charge < -0.3 is 10.1 Å². The van der Waals surface area contributed by atoms with Crippen molar-refractivity contribution in [2.24, 2.45) is 0 Å². The van der Waals surface area contributed by atoms with Gasteiger partial charge in [-0.3, -0.25) is 0 Å². The predicted molar refractivity (Wildman–Crippen MR) is 68.2 cm³/mol. The van der Waals surface area contributed by atoms with Crippen LogP contribution in [0.4, 0.5) is 5.69 Å². The van der Waals surface area contributed by atoms with Crippen LogP contribution in [-0.2, 0) is 0 Å². The second kappa shape index (κ2) is 6.57. The van der Waals surface area contributed by atoms with Crippen LogP contribution in [0.5, 0.6) is 5.75 Å². The van der Waals surface area contributed by atoms with Crippen LogP contribution in [0.2, 0.25) is 0 Å². The van der Waals surface area contributed by atoms with Gasteiger partial charge in [0.1, 0.15) is 23.5 Å². The smallest absolute Gasteiger partial charge is 0.145 e. The maximum absolute atomic E-state index is 8.60. The number of hydrogen-bond donors (Lipinski definition) is 1. The number of ether oxygens (including phenoxy) is 1. The highest BCUT2D eigenvalue weighted by molar-refractivity contribution is 9.10. The molecular formula is C12H10BrN3O. The Hall–Kier alpha value is -1.98. The fourth-order valence-corrected chi connectivity index (χ4v) is 1.47. The number of benzene rings is 1. The molecule has 0 atom stereocenters. The lowest BCUT2D eigenvalue weighted by Crippen LogP contribution is -1.97. The molecule has 0 bridgehead atoms. The first-order chi connectivity index (χ1) is 8.21. The number of hydrogen-bond acceptors (Lipinski definition) is 4. The van der Waals surface area contributed by atoms with Crippen molar-refractivity contribution >= 4 is 21.6 Å². The average Bonchev–Trinajstić information content (AvgIpc) is 2.33. The molecule has 0 spiro atoms. The Bertz CT molecular complexity index is 495. The first kappa shape index (κ1) is 13.1. The Labute approximate surface area is 108 Å². The molecule has 1 N–H and O–H groups in total. The molecule has 5 heteroatoms. The molecule has 0 aliphatic heterocycles. The van der Waals surface area contributed by atoms with Crippen LogP contribution in [0.25, 0.3) is 0 Å². The van der Waals surface area contributed by atoms with E-state index in [1.54, 1.807) is 18.2 Å². The molecule has 0 aliphatic carbocycles. The van der Waals surface area contributed by atoms with Gasteiger partial charge in [0.2, 0.25) is 0 Å². The van der Waals surface area contributed by atoms with E-state index >= 15 is 0 Å². The molecule has 0 radical (unpaired) electrons. The molecule has 0 saturated heterocycles. The van der Waals surface area contributed by atoms with E-state index < -0.39 is 0 Å². The molecule has 0 heterocycles. The Balaban J connectivity index is 2.95. The van der Waals surface area contributed by atoms with Crippen molar-refractivity contribution in [3.05, 3.63) is 34.4 Å². The normalized spacial score (nSPS) is 8.71. The van der Waals surface area contributed by atoms with Crippen molar-refractivity contribution in [3.63, 3.8) is 0 Å². The second-order valence-electron chi connectivity index (χ2n) is 3.00. The third-order valence-corrected chi connectivity index (χ3v) is 2.35. The van der Waals surface area contributed by atoms with Crippen molar-refractivity contribution in [3.8, 4) is 17.9 Å². The Kier molecular flexibility index (Phi) is 5.06. The van der Waals surface area contributed by atoms with Gasteiger partial charge in [0, 0.05) is 10.7 Å². The molecule has 1 rings (SSSR count). The first-order valence-corrected chi connectivity index (χ1v) is 5.69. The summed E-state index contributed by atoms with van der Waals surface area (Å²) in [4.78, 5) is 0. The third kappa shape index (κ3) is 3.82. The summed E-state index contributed by atoms with van der Waals surface area (Å²) in [5.41, 5.74) is 0.716. The lowest BCUT2D eigenvalue weighted by Gasteiger charge is -2.10. The summed E-state index contributed by atoms with van der Waals surface area (Å²) in [6.07, 6.45) is 1.35. The van der Waals surface area contributed by atoms with Gasteiger partial charge in [0.25, 0.3) is 0 Å². The molecule has 0 amide bonds. The van der Waals surface area contributed by atoms with E-state index in [4.69, 9.17) is 15.3 Å². The van der Waals surface area contributed by atoms with Crippen LogP contribution in [0.15, 0.2) is 34.4 Å². The zero-order valence-corrected chi connectivity index (χ0v) is 10.8. The van der Waals surface area contributed by atoms with Gasteiger partial charge in [0.15, 0.2) is 0 Å². The second-order valence-corrected chi connectivity index (χ2v) is 3.92. The van der Waals surface area contributed by atoms with Crippen LogP contribution in [0.1, 0.15) is 6.92 Å². The Morgan fingerprint density at radius 3 is 2.76 bits per heavy atom. The number of anilines is 1. The van der Waals surface area contributed by atoms with Gasteiger partial charge in [-0.25, -0.2) is 0 Å². The summed E-state index contributed by atoms with van der Waals surface area (Å²) >= 11 is 3.35. The minimum Gasteiger partial charge on any atom is -0.492 e. The summed E-state index contributed by atoms with van der Waals surface area (Å²) in [6, 6.07) is 9.01. The Morgan fingerprint density at radius 2 is 2.18 bits per heavy atom. The number of allylic oxidation sites excluding steroid dienone is 1. The molecular weight excluding hydrogens is 282 g/mol. The van der Waals surface area contributed by atoms with Gasteiger partial charge in [-0.15, -0.1) is 0 Å². The van der Waals surface area contributed by atoms with E-state index in [1.165, 1.54) is 6.20 Å². The number of nitrogens with one attached hydrogen (secondary N) is 1. The van der Waals surface area contributed by atoms with Crippen LogP contribution < -0.4 is 10.1 Å². The minimum atomic E-state index is 0.00960. The van der Waals surface area contributed by atoms with Crippen molar-refractivity contribution in [1.29, 1.82) is 10.5 Å². The van der Waals surface area contributed by atoms with Crippen LogP contribution in [0.3, 0.4) is 0 Å². The monoisotopic (exact) mass is 291 g/mol. The number of rotatable bonds is 4. The van der Waals surface area contributed by atoms with Gasteiger partial charge >= 0.3 is 0 Å². The topological polar surface area (TPSA) is 68.8 Å². The minimum absolute atomic E-state index is 0.00960. The molecule has 0 saturated carbocycles. The van der Waals surface area contributed by atoms with Crippen molar-refractivity contribution in [2.45, 2.75) is 6.92 Å². The van der Waals surface area contributed by atoms with E-state index in [-0.39, 0.29) is 5.57 Å². The zero-order chi connectivity index (χ0) is 12.7. The molecule has 1 aromatic rings. The lowest BCUT2D eigenvalue weighted by molar-refractivity contribution is 0.342. The predicted octanol–water partition coefficient (Wildman–Crippen LogP) is 3.19. The molecule has 1 aromatic carbocycles. The standard InChI is InChI=1S/C12H10BrN3O/c1-2-17-12-5-10(13)3-4-11(12)16-8-9(6-14)7-15/h3-5,8,16H,2H2,1H3. The summed E-state index contributed by atoms with van der Waals surface area (Å²) in [5, 5.41) is 20.1. The van der Waals surface area contributed by atoms with Gasteiger partial charge in [0.05, 0.1) is 12.3 Å². The van der Waals surface area contributed by atoms with Crippen LogP contribution in [0, 0.1) is 22.7 Å². The van der Waals surface area contributed by atoms with Gasteiger partial charge in [-0.2, -0.15) is 10.5 Å². The van der Waals surface area contributed by atoms with E-state index in [1.807, 2.05) is 19.1 Å². The molecule has 0 aromatic heterocycles. The number of halogens is 1. The summed E-state index contributed by atoms with van der Waals surface area (Å²) in [6.45, 7) is 2.43. The van der Waals surface area contributed by atoms with Crippen molar-refractivity contribution in [2.75, 3.05) is 11.9 Å². The Morgan fingerprint density at radius 1 is 1.47 bits per heavy atom. The van der Waals surface area contributed by atoms with E-state index in [2.05, 4.69) is 21.2 Å². The number of nitrogens with zero attached hydrogens (tertiary/aromatic N) is 2. The number of nitriles is 2. The van der Waals surface area contributed by atoms with Crippen LogP contribution in [-0.4, -0.2) is 6.61 Å². The highest BCUT2D eigenvalue weighted by Gasteiger charge is 2.03. The maximum Gasteiger partial charge on any atom is 0.145 e. The van der Waals surface area contributed by atoms with E-state index in [0.29, 0.717) is 18.0 Å². The van der Waals surface area contributed by atoms with Crippen LogP contribution >= 0.6 is 15.9 Å². The summed E-state index contributed by atoms with van der Waals surface area (Å²) in [5.74, 6) is 0.661. The molecule has 0 unspecified atom stereocenters. The lowest BCUT2D eigenvalue weighted by atomic mass is 10.3. The highest BCUT2D eigenvalue weighted by atomic mass is 79.9. The molecule has 17 heavy (non-hydrogen) atoms. The summed E-state index contributed by atoms with van der Waals surface area (Å²) in [7, 11) is 0. The molecule has 86 valence electrons. The molecule has 4 nitrogen and oxygen atoms in total. The van der Waals surface area contributed by atoms with E-state index in [0.717, 1.165) is 4.47 Å². The average molecular weight is 292 g/mol. The fraction of sp³-hybridized carbons (Fsp3) is 0.167. The third-order valence-electron chi connectivity index (χ3n) is 1.86. The maximum atomic E-state index is 8.60. The molecule has 0 fully saturated rings. The van der Waals surface area contributed by atoms with E-state index in [9.17, 15) is 0 Å². The fourth-order valence-electron chi connectivity index (χ4n) is 1.13. The largest absolute Gasteiger partial charge is 0.492 e. The first-order valence-electron chi connectivity index (χ1n) is 4.90. The highest BCUT2D eigenvalue weighted by Crippen LogP contribution is 2.28. The SMILES string of the molecule is CCOc1cc(Br)ccc1NC=C(C#N)C#N. The quantitative estimate of drug-likeness (QED) is 0.865. The molecule has 0 aliphatic rings. The van der Waals surface area contributed by atoms with Crippen molar-refractivity contribution in [1.82, 2.24) is 0 Å². The summed E-state index contributed by atoms with van der Waals surface area (Å²) < 4.78 is 6.33. The van der Waals surface area contributed by atoms with Gasteiger partial charge in [-0.1, -0.05) is 15.9 Å². The van der Waals surface area contributed by atoms with Crippen molar-refractivity contribution < 1.29 is 4.74 Å². The zero-order valence-electron chi connectivity index (χ0n) is 9.20. The van der Waals surface area contributed by atoms with Gasteiger partial charge in [-0.05, 0) is 25.1 Å².